The van der Waals surface area contributed by atoms with E-state index < -0.39 is 0 Å². The summed E-state index contributed by atoms with van der Waals surface area (Å²) in [7, 11) is 0. The van der Waals surface area contributed by atoms with Crippen LogP contribution in [-0.2, 0) is 4.79 Å². The Morgan fingerprint density at radius 2 is 1.38 bits per heavy atom. The summed E-state index contributed by atoms with van der Waals surface area (Å²) < 4.78 is 0. The zero-order chi connectivity index (χ0) is 16.4. The Hall–Kier alpha value is -3.13. The third-order valence-electron chi connectivity index (χ3n) is 4.33. The summed E-state index contributed by atoms with van der Waals surface area (Å²) in [5, 5.41) is 3.15. The molecule has 0 saturated heterocycles. The van der Waals surface area contributed by atoms with Crippen LogP contribution in [0.15, 0.2) is 84.9 Å². The minimum Gasteiger partial charge on any atom is -0.341 e. The predicted octanol–water partition coefficient (Wildman–Crippen LogP) is 4.45. The van der Waals surface area contributed by atoms with Gasteiger partial charge in [0.1, 0.15) is 0 Å². The second-order valence-corrected chi connectivity index (χ2v) is 5.87. The van der Waals surface area contributed by atoms with E-state index in [1.807, 2.05) is 84.9 Å². The smallest absolute Gasteiger partial charge is 0.252 e. The molecule has 1 atom stereocenters. The molecule has 1 aliphatic heterocycles. The Bertz CT molecular complexity index is 898. The van der Waals surface area contributed by atoms with Crippen LogP contribution in [0.2, 0.25) is 0 Å². The lowest BCUT2D eigenvalue weighted by Gasteiger charge is -2.28. The average molecular weight is 311 g/mol. The molecule has 3 aromatic carbocycles. The Morgan fingerprint density at radius 3 is 2.12 bits per heavy atom. The summed E-state index contributed by atoms with van der Waals surface area (Å²) in [6.45, 7) is 0. The third kappa shape index (κ3) is 2.63. The van der Waals surface area contributed by atoms with Gasteiger partial charge in [-0.05, 0) is 28.3 Å². The SMILES string of the molecule is O=C1NC(c2ccccc2)c2ccccc2/C1=C\c1ccccc1. The zero-order valence-corrected chi connectivity index (χ0v) is 13.1. The Labute approximate surface area is 141 Å². The molecule has 3 aromatic rings. The monoisotopic (exact) mass is 311 g/mol. The van der Waals surface area contributed by atoms with E-state index in [0.29, 0.717) is 5.57 Å². The molecule has 0 bridgehead atoms. The Kier molecular flexibility index (Phi) is 3.72. The lowest BCUT2D eigenvalue weighted by Crippen LogP contribution is -2.35. The summed E-state index contributed by atoms with van der Waals surface area (Å²) >= 11 is 0. The highest BCUT2D eigenvalue weighted by atomic mass is 16.1. The highest BCUT2D eigenvalue weighted by Crippen LogP contribution is 2.34. The summed E-state index contributed by atoms with van der Waals surface area (Å²) in [5.41, 5.74) is 4.96. The Morgan fingerprint density at radius 1 is 0.750 bits per heavy atom. The fourth-order valence-electron chi connectivity index (χ4n) is 3.17. The second-order valence-electron chi connectivity index (χ2n) is 5.87. The van der Waals surface area contributed by atoms with Crippen LogP contribution in [0.1, 0.15) is 28.3 Å². The fourth-order valence-corrected chi connectivity index (χ4v) is 3.17. The van der Waals surface area contributed by atoms with Crippen molar-refractivity contribution >= 4 is 17.6 Å². The highest BCUT2D eigenvalue weighted by Gasteiger charge is 2.29. The van der Waals surface area contributed by atoms with Gasteiger partial charge in [-0.2, -0.15) is 0 Å². The molecule has 0 aromatic heterocycles. The molecule has 1 heterocycles. The third-order valence-corrected chi connectivity index (χ3v) is 4.33. The molecule has 0 spiro atoms. The summed E-state index contributed by atoms with van der Waals surface area (Å²) in [6, 6.07) is 28.0. The summed E-state index contributed by atoms with van der Waals surface area (Å²) in [6.07, 6.45) is 1.95. The number of nitrogens with one attached hydrogen (secondary N) is 1. The number of hydrogen-bond acceptors (Lipinski definition) is 1. The van der Waals surface area contributed by atoms with Gasteiger partial charge in [-0.25, -0.2) is 0 Å². The molecule has 4 rings (SSSR count). The van der Waals surface area contributed by atoms with Gasteiger partial charge in [-0.3, -0.25) is 4.79 Å². The fraction of sp³-hybridized carbons (Fsp3) is 0.0455. The van der Waals surface area contributed by atoms with E-state index in [4.69, 9.17) is 0 Å². The first-order chi connectivity index (χ1) is 11.8. The Balaban J connectivity index is 1.84. The minimum absolute atomic E-state index is 0.0357. The normalized spacial score (nSPS) is 18.1. The lowest BCUT2D eigenvalue weighted by atomic mass is 9.86. The van der Waals surface area contributed by atoms with E-state index in [1.165, 1.54) is 0 Å². The number of carbonyl (C=O) groups is 1. The maximum absolute atomic E-state index is 12.8. The maximum atomic E-state index is 12.8. The average Bonchev–Trinajstić information content (AvgIpc) is 2.65. The van der Waals surface area contributed by atoms with E-state index in [0.717, 1.165) is 22.3 Å². The molecule has 0 aliphatic carbocycles. The molecule has 1 aliphatic rings. The number of benzene rings is 3. The molecule has 1 unspecified atom stereocenters. The van der Waals surface area contributed by atoms with Crippen LogP contribution in [0.4, 0.5) is 0 Å². The number of hydrogen-bond donors (Lipinski definition) is 1. The van der Waals surface area contributed by atoms with Gasteiger partial charge in [0.05, 0.1) is 6.04 Å². The van der Waals surface area contributed by atoms with E-state index in [9.17, 15) is 4.79 Å². The zero-order valence-electron chi connectivity index (χ0n) is 13.1. The summed E-state index contributed by atoms with van der Waals surface area (Å²) in [5.74, 6) is -0.0357. The molecule has 116 valence electrons. The second kappa shape index (κ2) is 6.17. The summed E-state index contributed by atoms with van der Waals surface area (Å²) in [4.78, 5) is 12.8. The van der Waals surface area contributed by atoms with Crippen molar-refractivity contribution in [3.05, 3.63) is 107 Å². The van der Waals surface area contributed by atoms with E-state index in [-0.39, 0.29) is 11.9 Å². The molecule has 1 N–H and O–H groups in total. The van der Waals surface area contributed by atoms with Gasteiger partial charge in [0.15, 0.2) is 0 Å². The van der Waals surface area contributed by atoms with E-state index in [2.05, 4.69) is 11.4 Å². The number of carbonyl (C=O) groups excluding carboxylic acids is 1. The quantitative estimate of drug-likeness (QED) is 0.696. The topological polar surface area (TPSA) is 29.1 Å². The van der Waals surface area contributed by atoms with Gasteiger partial charge in [0.2, 0.25) is 0 Å². The molecule has 0 saturated carbocycles. The number of amides is 1. The molecular formula is C22H17NO. The first-order valence-corrected chi connectivity index (χ1v) is 8.05. The molecule has 2 heteroatoms. The van der Waals surface area contributed by atoms with Crippen molar-refractivity contribution in [1.82, 2.24) is 5.32 Å². The van der Waals surface area contributed by atoms with Crippen molar-refractivity contribution in [3.63, 3.8) is 0 Å². The van der Waals surface area contributed by atoms with Crippen molar-refractivity contribution in [2.24, 2.45) is 0 Å². The van der Waals surface area contributed by atoms with E-state index >= 15 is 0 Å². The molecule has 1 amide bonds. The molecule has 0 fully saturated rings. The van der Waals surface area contributed by atoms with Crippen LogP contribution < -0.4 is 5.32 Å². The maximum Gasteiger partial charge on any atom is 0.252 e. The largest absolute Gasteiger partial charge is 0.341 e. The van der Waals surface area contributed by atoms with Crippen LogP contribution in [0, 0.1) is 0 Å². The molecular weight excluding hydrogens is 294 g/mol. The predicted molar refractivity (Wildman–Crippen MR) is 97.2 cm³/mol. The van der Waals surface area contributed by atoms with Crippen molar-refractivity contribution in [1.29, 1.82) is 0 Å². The van der Waals surface area contributed by atoms with Crippen LogP contribution in [0.3, 0.4) is 0 Å². The molecule has 0 radical (unpaired) electrons. The minimum atomic E-state index is -0.108. The van der Waals surface area contributed by atoms with E-state index in [1.54, 1.807) is 0 Å². The first-order valence-electron chi connectivity index (χ1n) is 8.05. The van der Waals surface area contributed by atoms with Crippen LogP contribution in [0.5, 0.6) is 0 Å². The van der Waals surface area contributed by atoms with Crippen molar-refractivity contribution in [3.8, 4) is 0 Å². The van der Waals surface area contributed by atoms with Gasteiger partial charge in [0.25, 0.3) is 5.91 Å². The van der Waals surface area contributed by atoms with Gasteiger partial charge in [-0.15, -0.1) is 0 Å². The molecule has 2 nitrogen and oxygen atoms in total. The standard InChI is InChI=1S/C22H17NO/c24-22-20(15-16-9-3-1-4-10-16)18-13-7-8-14-19(18)21(23-22)17-11-5-2-6-12-17/h1-15,21H,(H,23,24)/b20-15+. The first kappa shape index (κ1) is 14.5. The molecule has 24 heavy (non-hydrogen) atoms. The van der Waals surface area contributed by atoms with Gasteiger partial charge < -0.3 is 5.32 Å². The highest BCUT2D eigenvalue weighted by molar-refractivity contribution is 6.25. The van der Waals surface area contributed by atoms with Crippen LogP contribution in [0.25, 0.3) is 11.6 Å². The van der Waals surface area contributed by atoms with Crippen LogP contribution in [-0.4, -0.2) is 5.91 Å². The number of fused-ring (bicyclic) bond motifs is 1. The van der Waals surface area contributed by atoms with Gasteiger partial charge >= 0.3 is 0 Å². The van der Waals surface area contributed by atoms with Crippen molar-refractivity contribution in [2.45, 2.75) is 6.04 Å². The van der Waals surface area contributed by atoms with Crippen molar-refractivity contribution in [2.75, 3.05) is 0 Å². The lowest BCUT2D eigenvalue weighted by molar-refractivity contribution is -0.116. The van der Waals surface area contributed by atoms with Crippen molar-refractivity contribution < 1.29 is 4.79 Å². The van der Waals surface area contributed by atoms with Gasteiger partial charge in [-0.1, -0.05) is 84.9 Å². The van der Waals surface area contributed by atoms with Crippen LogP contribution >= 0.6 is 0 Å². The van der Waals surface area contributed by atoms with Gasteiger partial charge in [0, 0.05) is 5.57 Å². The number of rotatable bonds is 2.